The highest BCUT2D eigenvalue weighted by Crippen LogP contribution is 2.11. The normalized spacial score (nSPS) is 8.46. The Morgan fingerprint density at radius 2 is 0.436 bits per heavy atom. The van der Waals surface area contributed by atoms with E-state index in [0.717, 1.165) is 0 Å². The lowest BCUT2D eigenvalue weighted by molar-refractivity contribution is -0.134. The minimum atomic E-state index is -1.11. The van der Waals surface area contributed by atoms with Crippen molar-refractivity contribution in [3.63, 3.8) is 0 Å². The maximum atomic E-state index is 9.29. The fourth-order valence-electron chi connectivity index (χ4n) is 0.300. The van der Waals surface area contributed by atoms with Crippen molar-refractivity contribution in [2.75, 3.05) is 60.9 Å². The summed E-state index contributed by atoms with van der Waals surface area (Å²) in [6.45, 7) is -1.62. The fourth-order valence-corrected chi connectivity index (χ4v) is 0.300. The van der Waals surface area contributed by atoms with Crippen molar-refractivity contribution >= 4 is 112 Å². The topological polar surface area (TPSA) is 305 Å². The third kappa shape index (κ3) is 85.7. The lowest BCUT2D eigenvalue weighted by atomic mass is 9.93. The van der Waals surface area contributed by atoms with Crippen LogP contribution in [0.25, 0.3) is 0 Å². The molecular weight excluding hydrogens is 653 g/mol. The molecule has 0 bridgehead atoms. The molecule has 0 saturated heterocycles. The maximum absolute atomic E-state index is 9.29. The van der Waals surface area contributed by atoms with Gasteiger partial charge in [0.1, 0.15) is 0 Å². The highest BCUT2D eigenvalue weighted by molar-refractivity contribution is 7.81. The molecule has 0 fully saturated rings. The summed E-state index contributed by atoms with van der Waals surface area (Å²) in [4.78, 5) is 55.7. The minimum absolute atomic E-state index is 0.0833. The number of carboxylic acids is 6. The second-order valence-corrected chi connectivity index (χ2v) is 7.34. The summed E-state index contributed by atoms with van der Waals surface area (Å²) in [5.41, 5.74) is -1.11. The van der Waals surface area contributed by atoms with E-state index >= 15 is 0 Å². The van der Waals surface area contributed by atoms with E-state index in [-0.39, 0.29) is 34.5 Å². The molecule has 0 aromatic heterocycles. The van der Waals surface area contributed by atoms with Crippen molar-refractivity contribution in [1.29, 1.82) is 0 Å². The first-order valence-electron chi connectivity index (χ1n) is 9.26. The van der Waals surface area contributed by atoms with E-state index in [1.807, 2.05) is 0 Å². The molecule has 0 heterocycles. The van der Waals surface area contributed by atoms with E-state index in [1.165, 1.54) is 0 Å². The SMILES string of the molecule is O=C(O)CS.O=C(O)CS.O=C(O)CS.O=C(O)CS.O=C(O)CS.O=C(O)CS.OCC(CO)(CO)CO. The molecule has 0 amide bonds. The minimum Gasteiger partial charge on any atom is -0.481 e. The lowest BCUT2D eigenvalue weighted by Crippen LogP contribution is -2.37. The van der Waals surface area contributed by atoms with Gasteiger partial charge in [-0.15, -0.1) is 0 Å². The second kappa shape index (κ2) is 43.8. The second-order valence-electron chi connectivity index (χ2n) is 5.44. The highest BCUT2D eigenvalue weighted by Gasteiger charge is 2.26. The predicted octanol–water partition coefficient (Wildman–Crippen LogP) is -2.05. The number of hydrogen-bond acceptors (Lipinski definition) is 16. The Kier molecular flexibility index (Phi) is 60.6. The largest absolute Gasteiger partial charge is 0.481 e. The number of aliphatic hydroxyl groups is 4. The van der Waals surface area contributed by atoms with Crippen molar-refractivity contribution in [2.24, 2.45) is 5.41 Å². The first-order valence-corrected chi connectivity index (χ1v) is 13.1. The number of aliphatic hydroxyl groups excluding tert-OH is 4. The number of aliphatic carboxylic acids is 6. The molecule has 10 N–H and O–H groups in total. The average molecular weight is 689 g/mol. The van der Waals surface area contributed by atoms with E-state index in [1.54, 1.807) is 0 Å². The molecule has 22 heteroatoms. The van der Waals surface area contributed by atoms with Crippen LogP contribution >= 0.6 is 75.8 Å². The van der Waals surface area contributed by atoms with E-state index in [4.69, 9.17) is 51.1 Å². The summed E-state index contributed by atoms with van der Waals surface area (Å²) in [5, 5.41) is 79.9. The Balaban J connectivity index is -0.0000000622. The fraction of sp³-hybridized carbons (Fsp3) is 0.647. The molecule has 236 valence electrons. The van der Waals surface area contributed by atoms with Gasteiger partial charge in [-0.25, -0.2) is 0 Å². The van der Waals surface area contributed by atoms with Gasteiger partial charge in [0.2, 0.25) is 0 Å². The number of rotatable bonds is 10. The molecule has 0 aliphatic rings. The molecule has 0 rings (SSSR count). The molecule has 0 saturated carbocycles. The molecule has 0 aromatic rings. The van der Waals surface area contributed by atoms with Gasteiger partial charge in [0, 0.05) is 0 Å². The van der Waals surface area contributed by atoms with Crippen LogP contribution in [0, 0.1) is 5.41 Å². The summed E-state index contributed by atoms with van der Waals surface area (Å²) < 4.78 is 0. The van der Waals surface area contributed by atoms with E-state index < -0.39 is 67.7 Å². The van der Waals surface area contributed by atoms with Crippen LogP contribution in [0.2, 0.25) is 0 Å². The molecule has 0 atom stereocenters. The van der Waals surface area contributed by atoms with E-state index in [9.17, 15) is 28.8 Å². The third-order valence-electron chi connectivity index (χ3n) is 2.15. The molecular formula is C17H36O16S6. The molecule has 39 heavy (non-hydrogen) atoms. The first-order chi connectivity index (χ1) is 17.9. The Morgan fingerprint density at radius 3 is 0.436 bits per heavy atom. The van der Waals surface area contributed by atoms with Crippen LogP contribution in [0.5, 0.6) is 0 Å². The molecule has 0 unspecified atom stereocenters. The molecule has 0 radical (unpaired) electrons. The van der Waals surface area contributed by atoms with Crippen molar-refractivity contribution in [1.82, 2.24) is 0 Å². The standard InChI is InChI=1S/C5H12O4.6C2H4O2S/c6-1-5(2-7,3-8)4-9;6*3-2(4)1-5/h6-9H,1-4H2;6*5H,1H2,(H,3,4). The first kappa shape index (κ1) is 53.9. The lowest BCUT2D eigenvalue weighted by Gasteiger charge is -2.23. The third-order valence-corrected chi connectivity index (χ3v) is 3.78. The predicted molar refractivity (Wildman–Crippen MR) is 160 cm³/mol. The maximum Gasteiger partial charge on any atom is 0.313 e. The zero-order chi connectivity index (χ0) is 33.0. The van der Waals surface area contributed by atoms with Crippen molar-refractivity contribution in [2.45, 2.75) is 0 Å². The Morgan fingerprint density at radius 1 is 0.359 bits per heavy atom. The van der Waals surface area contributed by atoms with E-state index in [0.29, 0.717) is 0 Å². The molecule has 0 spiro atoms. The summed E-state index contributed by atoms with van der Waals surface area (Å²) in [7, 11) is 0. The zero-order valence-electron chi connectivity index (χ0n) is 20.2. The molecule has 0 aliphatic heterocycles. The summed E-state index contributed by atoms with van der Waals surface area (Å²) in [5.74, 6) is -5.79. The highest BCUT2D eigenvalue weighted by atomic mass is 32.1. The van der Waals surface area contributed by atoms with Gasteiger partial charge in [-0.2, -0.15) is 75.8 Å². The van der Waals surface area contributed by atoms with Crippen LogP contribution in [0.3, 0.4) is 0 Å². The number of carbonyl (C=O) groups is 6. The van der Waals surface area contributed by atoms with E-state index in [2.05, 4.69) is 75.8 Å². The Bertz CT molecular complexity index is 494. The number of thiol groups is 6. The molecule has 0 aromatic carbocycles. The molecule has 16 nitrogen and oxygen atoms in total. The van der Waals surface area contributed by atoms with Crippen LogP contribution in [0.1, 0.15) is 0 Å². The Labute approximate surface area is 256 Å². The van der Waals surface area contributed by atoms with Gasteiger partial charge >= 0.3 is 35.8 Å². The van der Waals surface area contributed by atoms with Gasteiger partial charge in [-0.3, -0.25) is 28.8 Å². The van der Waals surface area contributed by atoms with Gasteiger partial charge in [-0.1, -0.05) is 0 Å². The van der Waals surface area contributed by atoms with Crippen LogP contribution in [-0.2, 0) is 28.8 Å². The summed E-state index contributed by atoms with van der Waals surface area (Å²) in [6, 6.07) is 0. The average Bonchev–Trinajstić information content (AvgIpc) is 2.92. The van der Waals surface area contributed by atoms with Crippen LogP contribution in [0.4, 0.5) is 0 Å². The van der Waals surface area contributed by atoms with Crippen molar-refractivity contribution < 1.29 is 79.8 Å². The van der Waals surface area contributed by atoms with Crippen LogP contribution < -0.4 is 0 Å². The summed E-state index contributed by atoms with van der Waals surface area (Å²) in [6.07, 6.45) is 0. The van der Waals surface area contributed by atoms with Crippen LogP contribution in [0.15, 0.2) is 0 Å². The van der Waals surface area contributed by atoms with Crippen molar-refractivity contribution in [3.8, 4) is 0 Å². The van der Waals surface area contributed by atoms with Gasteiger partial charge in [0.15, 0.2) is 0 Å². The monoisotopic (exact) mass is 688 g/mol. The smallest absolute Gasteiger partial charge is 0.313 e. The van der Waals surface area contributed by atoms with Gasteiger partial charge in [0.05, 0.1) is 66.4 Å². The van der Waals surface area contributed by atoms with Crippen LogP contribution in [-0.4, -0.2) is 148 Å². The molecule has 0 aliphatic carbocycles. The zero-order valence-corrected chi connectivity index (χ0v) is 25.5. The van der Waals surface area contributed by atoms with Gasteiger partial charge < -0.3 is 51.1 Å². The van der Waals surface area contributed by atoms with Gasteiger partial charge in [0.25, 0.3) is 0 Å². The van der Waals surface area contributed by atoms with Gasteiger partial charge in [-0.05, 0) is 0 Å². The number of carboxylic acid groups (broad SMARTS) is 6. The van der Waals surface area contributed by atoms with Crippen molar-refractivity contribution in [3.05, 3.63) is 0 Å². The Hall–Kier alpha value is -1.24. The quantitative estimate of drug-likeness (QED) is 0.110. The number of hydrogen-bond donors (Lipinski definition) is 16. The summed E-state index contributed by atoms with van der Waals surface area (Å²) >= 11 is 20.5.